The zero-order chi connectivity index (χ0) is 17.8. The summed E-state index contributed by atoms with van der Waals surface area (Å²) in [4.78, 5) is 8.53. The zero-order valence-corrected chi connectivity index (χ0v) is 14.4. The molecule has 0 aliphatic heterocycles. The highest BCUT2D eigenvalue weighted by molar-refractivity contribution is 5.64. The summed E-state index contributed by atoms with van der Waals surface area (Å²) in [6.07, 6.45) is 6.15. The van der Waals surface area contributed by atoms with E-state index >= 15 is 0 Å². The number of hydrogen-bond donors (Lipinski definition) is 0. The third kappa shape index (κ3) is 3.90. The average molecular weight is 338 g/mol. The predicted octanol–water partition coefficient (Wildman–Crippen LogP) is 5.74. The Morgan fingerprint density at radius 1 is 0.880 bits per heavy atom. The Hall–Kier alpha value is -2.62. The van der Waals surface area contributed by atoms with Crippen LogP contribution in [-0.2, 0) is 6.42 Å². The molecule has 0 atom stereocenters. The van der Waals surface area contributed by atoms with Crippen molar-refractivity contribution in [3.63, 3.8) is 0 Å². The maximum atomic E-state index is 14.4. The number of rotatable bonds is 5. The van der Waals surface area contributed by atoms with E-state index in [1.165, 1.54) is 6.07 Å². The summed E-state index contributed by atoms with van der Waals surface area (Å²) < 4.78 is 28.1. The van der Waals surface area contributed by atoms with E-state index in [1.54, 1.807) is 43.6 Å². The molecule has 0 fully saturated rings. The number of hydrogen-bond acceptors (Lipinski definition) is 2. The van der Waals surface area contributed by atoms with Crippen molar-refractivity contribution in [2.75, 3.05) is 0 Å². The molecule has 2 nitrogen and oxygen atoms in total. The molecule has 0 amide bonds. The van der Waals surface area contributed by atoms with Gasteiger partial charge in [0.15, 0.2) is 5.82 Å². The quantitative estimate of drug-likeness (QED) is 0.593. The monoisotopic (exact) mass is 338 g/mol. The highest BCUT2D eigenvalue weighted by Gasteiger charge is 2.09. The van der Waals surface area contributed by atoms with E-state index in [-0.39, 0.29) is 11.6 Å². The molecular weight excluding hydrogens is 318 g/mol. The van der Waals surface area contributed by atoms with Crippen molar-refractivity contribution in [2.45, 2.75) is 33.1 Å². The van der Waals surface area contributed by atoms with Gasteiger partial charge in [0.1, 0.15) is 11.6 Å². The molecule has 25 heavy (non-hydrogen) atoms. The summed E-state index contributed by atoms with van der Waals surface area (Å²) in [7, 11) is 0. The molecule has 0 aliphatic carbocycles. The molecule has 1 heterocycles. The minimum atomic E-state index is -0.293. The first kappa shape index (κ1) is 17.2. The van der Waals surface area contributed by atoms with Crippen LogP contribution in [0.15, 0.2) is 48.8 Å². The lowest BCUT2D eigenvalue weighted by atomic mass is 10.0. The fraction of sp³-hybridized carbons (Fsp3) is 0.238. The maximum Gasteiger partial charge on any atom is 0.159 e. The summed E-state index contributed by atoms with van der Waals surface area (Å²) in [5, 5.41) is 0. The van der Waals surface area contributed by atoms with Crippen LogP contribution < -0.4 is 0 Å². The molecular formula is C21H20F2N2. The average Bonchev–Trinajstić information content (AvgIpc) is 2.62. The fourth-order valence-corrected chi connectivity index (χ4v) is 2.68. The normalized spacial score (nSPS) is 10.9. The molecule has 128 valence electrons. The topological polar surface area (TPSA) is 25.8 Å². The second-order valence-corrected chi connectivity index (χ2v) is 6.18. The van der Waals surface area contributed by atoms with Crippen LogP contribution in [0.3, 0.4) is 0 Å². The molecule has 0 unspecified atom stereocenters. The minimum absolute atomic E-state index is 0.272. The Bertz CT molecular complexity index is 874. The fourth-order valence-electron chi connectivity index (χ4n) is 2.68. The Kier molecular flexibility index (Phi) is 5.17. The number of halogens is 2. The van der Waals surface area contributed by atoms with Crippen LogP contribution in [0, 0.1) is 18.6 Å². The summed E-state index contributed by atoms with van der Waals surface area (Å²) in [5.74, 6) is -0.146. The molecule has 0 aliphatic rings. The van der Waals surface area contributed by atoms with Crippen molar-refractivity contribution in [3.05, 3.63) is 71.6 Å². The number of unbranched alkanes of at least 4 members (excludes halogenated alkanes) is 1. The Balaban J connectivity index is 1.86. The van der Waals surface area contributed by atoms with Gasteiger partial charge in [0.05, 0.1) is 0 Å². The first-order valence-electron chi connectivity index (χ1n) is 8.46. The number of aromatic nitrogens is 2. The van der Waals surface area contributed by atoms with Gasteiger partial charge in [-0.15, -0.1) is 0 Å². The van der Waals surface area contributed by atoms with E-state index in [1.807, 2.05) is 6.07 Å². The van der Waals surface area contributed by atoms with Gasteiger partial charge < -0.3 is 0 Å². The van der Waals surface area contributed by atoms with Crippen molar-refractivity contribution in [3.8, 4) is 22.5 Å². The molecule has 0 saturated carbocycles. The molecule has 0 radical (unpaired) electrons. The molecule has 3 aromatic rings. The lowest BCUT2D eigenvalue weighted by molar-refractivity contribution is 0.619. The molecule has 0 spiro atoms. The molecule has 1 aromatic heterocycles. The molecule has 2 aromatic carbocycles. The van der Waals surface area contributed by atoms with Gasteiger partial charge in [0.25, 0.3) is 0 Å². The highest BCUT2D eigenvalue weighted by Crippen LogP contribution is 2.25. The Morgan fingerprint density at radius 2 is 1.64 bits per heavy atom. The first-order chi connectivity index (χ1) is 12.1. The van der Waals surface area contributed by atoms with Gasteiger partial charge >= 0.3 is 0 Å². The van der Waals surface area contributed by atoms with E-state index in [2.05, 4.69) is 16.9 Å². The minimum Gasteiger partial charge on any atom is -0.236 e. The molecule has 4 heteroatoms. The van der Waals surface area contributed by atoms with Crippen molar-refractivity contribution < 1.29 is 8.78 Å². The largest absolute Gasteiger partial charge is 0.236 e. The van der Waals surface area contributed by atoms with Gasteiger partial charge in [-0.3, -0.25) is 0 Å². The van der Waals surface area contributed by atoms with Crippen molar-refractivity contribution in [1.29, 1.82) is 0 Å². The van der Waals surface area contributed by atoms with E-state index in [9.17, 15) is 8.78 Å². The summed E-state index contributed by atoms with van der Waals surface area (Å²) >= 11 is 0. The van der Waals surface area contributed by atoms with Crippen molar-refractivity contribution in [1.82, 2.24) is 9.97 Å². The molecule has 3 rings (SSSR count). The SMILES string of the molecule is CCCCc1ccc(-c2cnc(-c3ccc(C)c(F)c3)nc2)c(F)c1. The van der Waals surface area contributed by atoms with Crippen LogP contribution in [0.4, 0.5) is 8.78 Å². The third-order valence-corrected chi connectivity index (χ3v) is 4.25. The summed E-state index contributed by atoms with van der Waals surface area (Å²) in [5.41, 5.74) is 3.25. The zero-order valence-electron chi connectivity index (χ0n) is 14.4. The van der Waals surface area contributed by atoms with E-state index in [4.69, 9.17) is 0 Å². The van der Waals surface area contributed by atoms with Crippen LogP contribution in [0.2, 0.25) is 0 Å². The Morgan fingerprint density at radius 3 is 2.28 bits per heavy atom. The summed E-state index contributed by atoms with van der Waals surface area (Å²) in [6, 6.07) is 10.2. The highest BCUT2D eigenvalue weighted by atomic mass is 19.1. The lowest BCUT2D eigenvalue weighted by Gasteiger charge is -2.07. The van der Waals surface area contributed by atoms with Crippen LogP contribution in [-0.4, -0.2) is 9.97 Å². The lowest BCUT2D eigenvalue weighted by Crippen LogP contribution is -1.94. The third-order valence-electron chi connectivity index (χ3n) is 4.25. The second-order valence-electron chi connectivity index (χ2n) is 6.18. The van der Waals surface area contributed by atoms with Gasteiger partial charge in [0.2, 0.25) is 0 Å². The van der Waals surface area contributed by atoms with Gasteiger partial charge in [-0.2, -0.15) is 0 Å². The van der Waals surface area contributed by atoms with Gasteiger partial charge in [-0.25, -0.2) is 18.7 Å². The maximum absolute atomic E-state index is 14.4. The van der Waals surface area contributed by atoms with Gasteiger partial charge in [-0.05, 0) is 43.0 Å². The van der Waals surface area contributed by atoms with E-state index < -0.39 is 0 Å². The number of nitrogens with zero attached hydrogens (tertiary/aromatic N) is 2. The van der Waals surface area contributed by atoms with Crippen molar-refractivity contribution in [2.24, 2.45) is 0 Å². The van der Waals surface area contributed by atoms with Crippen LogP contribution >= 0.6 is 0 Å². The summed E-state index contributed by atoms with van der Waals surface area (Å²) in [6.45, 7) is 3.82. The first-order valence-corrected chi connectivity index (χ1v) is 8.46. The van der Waals surface area contributed by atoms with Gasteiger partial charge in [-0.1, -0.05) is 37.6 Å². The number of benzene rings is 2. The Labute approximate surface area is 146 Å². The predicted molar refractivity (Wildman–Crippen MR) is 96.2 cm³/mol. The van der Waals surface area contributed by atoms with Crippen LogP contribution in [0.5, 0.6) is 0 Å². The molecule has 0 bridgehead atoms. The molecule has 0 saturated heterocycles. The molecule has 0 N–H and O–H groups in total. The number of aryl methyl sites for hydroxylation is 2. The van der Waals surface area contributed by atoms with Crippen LogP contribution in [0.25, 0.3) is 22.5 Å². The van der Waals surface area contributed by atoms with E-state index in [0.717, 1.165) is 24.8 Å². The standard InChI is InChI=1S/C21H20F2N2/c1-3-4-5-15-7-9-18(20(23)10-15)17-12-24-21(25-13-17)16-8-6-14(2)19(22)11-16/h6-13H,3-5H2,1-2H3. The smallest absolute Gasteiger partial charge is 0.159 e. The van der Waals surface area contributed by atoms with Crippen molar-refractivity contribution >= 4 is 0 Å². The van der Waals surface area contributed by atoms with Gasteiger partial charge in [0, 0.05) is 29.1 Å². The van der Waals surface area contributed by atoms with Crippen LogP contribution in [0.1, 0.15) is 30.9 Å². The van der Waals surface area contributed by atoms with E-state index in [0.29, 0.717) is 28.1 Å². The second kappa shape index (κ2) is 7.51.